The summed E-state index contributed by atoms with van der Waals surface area (Å²) in [5.74, 6) is 1.22. The molecule has 144 valence electrons. The van der Waals surface area contributed by atoms with Crippen LogP contribution in [0.5, 0.6) is 0 Å². The van der Waals surface area contributed by atoms with Gasteiger partial charge in [0.05, 0.1) is 18.8 Å². The van der Waals surface area contributed by atoms with Crippen LogP contribution in [0.2, 0.25) is 0 Å². The second-order valence-corrected chi connectivity index (χ2v) is 8.25. The average Bonchev–Trinajstić information content (AvgIpc) is 3.44. The van der Waals surface area contributed by atoms with E-state index in [2.05, 4.69) is 35.5 Å². The highest BCUT2D eigenvalue weighted by atomic mass is 16.5. The Kier molecular flexibility index (Phi) is 4.67. The van der Waals surface area contributed by atoms with Crippen LogP contribution in [-0.4, -0.2) is 67.7 Å². The summed E-state index contributed by atoms with van der Waals surface area (Å²) in [6.45, 7) is 6.87. The maximum absolute atomic E-state index is 6.32. The van der Waals surface area contributed by atoms with Crippen molar-refractivity contribution >= 4 is 0 Å². The third-order valence-electron chi connectivity index (χ3n) is 6.17. The zero-order chi connectivity index (χ0) is 18.1. The lowest BCUT2D eigenvalue weighted by atomic mass is 9.89. The van der Waals surface area contributed by atoms with Crippen LogP contribution in [0.1, 0.15) is 43.1 Å². The second-order valence-electron chi connectivity index (χ2n) is 8.25. The first-order chi connectivity index (χ1) is 13.3. The highest BCUT2D eigenvalue weighted by molar-refractivity contribution is 5.04. The summed E-state index contributed by atoms with van der Waals surface area (Å²) in [6.07, 6.45) is 14.3. The quantitative estimate of drug-likeness (QED) is 0.803. The SMILES string of the molecule is c1ncc(CN2CCC3(CC2)CN(Cc2nccn2C2CC2)CCO3)cn1. The number of hydrogen-bond donors (Lipinski definition) is 0. The van der Waals surface area contributed by atoms with Crippen LogP contribution in [0.4, 0.5) is 0 Å². The van der Waals surface area contributed by atoms with Crippen LogP contribution in [0.25, 0.3) is 0 Å². The lowest BCUT2D eigenvalue weighted by Crippen LogP contribution is -2.56. The van der Waals surface area contributed by atoms with Crippen molar-refractivity contribution < 1.29 is 4.74 Å². The largest absolute Gasteiger partial charge is 0.372 e. The minimum Gasteiger partial charge on any atom is -0.372 e. The number of nitrogens with zero attached hydrogens (tertiary/aromatic N) is 6. The zero-order valence-electron chi connectivity index (χ0n) is 15.8. The molecule has 4 heterocycles. The van der Waals surface area contributed by atoms with Gasteiger partial charge in [-0.1, -0.05) is 0 Å². The molecule has 0 unspecified atom stereocenters. The van der Waals surface area contributed by atoms with Gasteiger partial charge in [0.1, 0.15) is 12.2 Å². The van der Waals surface area contributed by atoms with Crippen LogP contribution in [0, 0.1) is 0 Å². The summed E-state index contributed by atoms with van der Waals surface area (Å²) in [5.41, 5.74) is 1.20. The third kappa shape index (κ3) is 3.90. The van der Waals surface area contributed by atoms with Gasteiger partial charge in [-0.3, -0.25) is 9.80 Å². The minimum atomic E-state index is 0.0128. The second kappa shape index (κ2) is 7.30. The first-order valence-corrected chi connectivity index (χ1v) is 10.1. The number of aromatic nitrogens is 4. The molecule has 1 aliphatic carbocycles. The van der Waals surface area contributed by atoms with Gasteiger partial charge in [-0.05, 0) is 25.7 Å². The Morgan fingerprint density at radius 2 is 1.85 bits per heavy atom. The number of likely N-dealkylation sites (tertiary alicyclic amines) is 1. The molecule has 0 atom stereocenters. The topological polar surface area (TPSA) is 59.3 Å². The fourth-order valence-corrected chi connectivity index (χ4v) is 4.50. The lowest BCUT2D eigenvalue weighted by Gasteiger charge is -2.47. The first kappa shape index (κ1) is 17.3. The monoisotopic (exact) mass is 368 g/mol. The van der Waals surface area contributed by atoms with Gasteiger partial charge in [0.15, 0.2) is 0 Å². The fourth-order valence-electron chi connectivity index (χ4n) is 4.50. The molecule has 5 rings (SSSR count). The van der Waals surface area contributed by atoms with Crippen molar-refractivity contribution in [2.75, 3.05) is 32.8 Å². The Morgan fingerprint density at radius 3 is 2.63 bits per heavy atom. The van der Waals surface area contributed by atoms with Crippen molar-refractivity contribution in [3.05, 3.63) is 42.5 Å². The van der Waals surface area contributed by atoms with Crippen molar-refractivity contribution in [3.63, 3.8) is 0 Å². The van der Waals surface area contributed by atoms with Crippen molar-refractivity contribution in [1.29, 1.82) is 0 Å². The van der Waals surface area contributed by atoms with Gasteiger partial charge in [-0.15, -0.1) is 0 Å². The molecule has 1 saturated carbocycles. The molecule has 3 fully saturated rings. The summed E-state index contributed by atoms with van der Waals surface area (Å²) < 4.78 is 8.71. The molecule has 27 heavy (non-hydrogen) atoms. The molecular formula is C20H28N6O. The Hall–Kier alpha value is -1.83. The number of rotatable bonds is 5. The van der Waals surface area contributed by atoms with Crippen LogP contribution in [0.15, 0.2) is 31.1 Å². The van der Waals surface area contributed by atoms with Crippen molar-refractivity contribution in [2.45, 2.75) is 50.4 Å². The minimum absolute atomic E-state index is 0.0128. The van der Waals surface area contributed by atoms with E-state index in [1.165, 1.54) is 24.2 Å². The highest BCUT2D eigenvalue weighted by Gasteiger charge is 2.40. The van der Waals surface area contributed by atoms with Gasteiger partial charge in [0.25, 0.3) is 0 Å². The average molecular weight is 368 g/mol. The Morgan fingerprint density at radius 1 is 1.04 bits per heavy atom. The molecule has 0 aromatic carbocycles. The van der Waals surface area contributed by atoms with Gasteiger partial charge in [0.2, 0.25) is 0 Å². The van der Waals surface area contributed by atoms with Crippen molar-refractivity contribution in [2.24, 2.45) is 0 Å². The molecular weight excluding hydrogens is 340 g/mol. The number of piperidine rings is 1. The van der Waals surface area contributed by atoms with E-state index < -0.39 is 0 Å². The van der Waals surface area contributed by atoms with E-state index in [9.17, 15) is 0 Å². The molecule has 0 bridgehead atoms. The number of imidazole rings is 1. The van der Waals surface area contributed by atoms with Crippen molar-refractivity contribution in [1.82, 2.24) is 29.3 Å². The fraction of sp³-hybridized carbons (Fsp3) is 0.650. The summed E-state index contributed by atoms with van der Waals surface area (Å²) >= 11 is 0. The van der Waals surface area contributed by atoms with Gasteiger partial charge in [0, 0.05) is 69.1 Å². The van der Waals surface area contributed by atoms with Crippen molar-refractivity contribution in [3.8, 4) is 0 Å². The highest BCUT2D eigenvalue weighted by Crippen LogP contribution is 2.36. The van der Waals surface area contributed by atoms with Gasteiger partial charge >= 0.3 is 0 Å². The lowest BCUT2D eigenvalue weighted by molar-refractivity contribution is -0.138. The molecule has 3 aliphatic rings. The normalized spacial score (nSPS) is 23.7. The Labute approximate surface area is 160 Å². The molecule has 2 saturated heterocycles. The molecule has 7 nitrogen and oxygen atoms in total. The van der Waals surface area contributed by atoms with Crippen LogP contribution >= 0.6 is 0 Å². The molecule has 2 aromatic heterocycles. The molecule has 0 N–H and O–H groups in total. The van der Waals surface area contributed by atoms with Gasteiger partial charge < -0.3 is 9.30 Å². The smallest absolute Gasteiger partial charge is 0.123 e. The van der Waals surface area contributed by atoms with Gasteiger partial charge in [-0.25, -0.2) is 15.0 Å². The van der Waals surface area contributed by atoms with E-state index in [1.807, 2.05) is 18.6 Å². The molecule has 2 aromatic rings. The molecule has 2 aliphatic heterocycles. The summed E-state index contributed by atoms with van der Waals surface area (Å²) in [6, 6.07) is 0.697. The zero-order valence-corrected chi connectivity index (χ0v) is 15.8. The first-order valence-electron chi connectivity index (χ1n) is 10.1. The Bertz CT molecular complexity index is 751. The maximum atomic E-state index is 6.32. The maximum Gasteiger partial charge on any atom is 0.123 e. The van der Waals surface area contributed by atoms with E-state index in [4.69, 9.17) is 4.74 Å². The molecule has 0 radical (unpaired) electrons. The van der Waals surface area contributed by atoms with E-state index in [0.717, 1.165) is 58.7 Å². The standard InChI is InChI=1S/C20H28N6O/c1-2-18(1)26-8-5-23-19(26)14-25-9-10-27-20(15-25)3-6-24(7-4-20)13-17-11-21-16-22-12-17/h5,8,11-12,16,18H,1-4,6-7,9-10,13-15H2. The van der Waals surface area contributed by atoms with Crippen LogP contribution < -0.4 is 0 Å². The predicted molar refractivity (Wildman–Crippen MR) is 101 cm³/mol. The number of ether oxygens (including phenoxy) is 1. The van der Waals surface area contributed by atoms with E-state index in [0.29, 0.717) is 6.04 Å². The molecule has 1 spiro atoms. The van der Waals surface area contributed by atoms with E-state index in [-0.39, 0.29) is 5.60 Å². The van der Waals surface area contributed by atoms with Crippen LogP contribution in [-0.2, 0) is 17.8 Å². The van der Waals surface area contributed by atoms with E-state index >= 15 is 0 Å². The molecule has 7 heteroatoms. The summed E-state index contributed by atoms with van der Waals surface area (Å²) in [7, 11) is 0. The van der Waals surface area contributed by atoms with Gasteiger partial charge in [-0.2, -0.15) is 0 Å². The Balaban J connectivity index is 1.18. The molecule has 0 amide bonds. The third-order valence-corrected chi connectivity index (χ3v) is 6.17. The predicted octanol–water partition coefficient (Wildman–Crippen LogP) is 1.87. The summed E-state index contributed by atoms with van der Waals surface area (Å²) in [4.78, 5) is 17.9. The van der Waals surface area contributed by atoms with Crippen LogP contribution in [0.3, 0.4) is 0 Å². The number of morpholine rings is 1. The number of hydrogen-bond acceptors (Lipinski definition) is 6. The summed E-state index contributed by atoms with van der Waals surface area (Å²) in [5, 5.41) is 0. The van der Waals surface area contributed by atoms with E-state index in [1.54, 1.807) is 6.33 Å².